The SMILES string of the molecule is S=P12c3c4cccc3N(c3ccccc3)c3c1c(cc1c5c6c(cc31)N(c1ccccc1)c1ccc3c7c1P6(=S)c1c(cccc1N5c1ccccc1)N7c1ccccc1O3)N(c1ccccc1)c1ccc3c(c12)N4c1ccccc1O3. The minimum atomic E-state index is -3.04. The zero-order chi connectivity index (χ0) is 53.5. The predicted octanol–water partition coefficient (Wildman–Crippen LogP) is 17.3. The molecule has 8 heterocycles. The average Bonchev–Trinajstić information content (AvgIpc) is 0.679. The van der Waals surface area contributed by atoms with Crippen molar-refractivity contribution in [3.8, 4) is 23.0 Å². The summed E-state index contributed by atoms with van der Waals surface area (Å²) in [5.41, 5.74) is 18.9. The number of fused-ring (bicyclic) bond motifs is 9. The van der Waals surface area contributed by atoms with E-state index in [1.165, 1.54) is 10.6 Å². The van der Waals surface area contributed by atoms with Crippen molar-refractivity contribution in [2.45, 2.75) is 0 Å². The average molecular weight is 1120 g/mol. The largest absolute Gasteiger partial charge is 0.453 e. The lowest BCUT2D eigenvalue weighted by molar-refractivity contribution is 0.477. The van der Waals surface area contributed by atoms with Gasteiger partial charge in [-0.1, -0.05) is 133 Å². The normalized spacial score (nSPS) is 18.2. The number of anilines is 18. The van der Waals surface area contributed by atoms with E-state index in [0.717, 1.165) is 157 Å². The first-order chi connectivity index (χ1) is 40.5. The first kappa shape index (κ1) is 44.4. The molecule has 0 aromatic heterocycles. The molecule has 12 heteroatoms. The van der Waals surface area contributed by atoms with E-state index in [2.05, 4.69) is 272 Å². The summed E-state index contributed by atoms with van der Waals surface area (Å²) in [7, 11) is 0. The van der Waals surface area contributed by atoms with Gasteiger partial charge in [-0.15, -0.1) is 0 Å². The standard InChI is InChI=1S/C70H40N6O2P2S2/c81-79-65-49-29-17-31-51(65)75-47-27-13-15-33-57(47)77-59-37-35-53(67(79)63(59)75)71(41-19-5-1-6-20-41)55-39-45-46(61(69(55)79)73(49)43-23-9-3-10-24-43)40-56-70-62(45)74(44-25-11-4-12-26-44)50-30-18-32-52-66(50)80(70,82)68-54(72(56)42-21-7-2-8-22-42)36-38-60-64(68)76(52)48-28-14-16-34-58(48)78-60/h1-40H. The van der Waals surface area contributed by atoms with E-state index in [9.17, 15) is 0 Å². The van der Waals surface area contributed by atoms with Crippen molar-refractivity contribution in [1.82, 2.24) is 0 Å². The molecule has 8 aliphatic rings. The van der Waals surface area contributed by atoms with Crippen molar-refractivity contribution in [1.29, 1.82) is 0 Å². The van der Waals surface area contributed by atoms with Gasteiger partial charge in [0.25, 0.3) is 0 Å². The van der Waals surface area contributed by atoms with Crippen molar-refractivity contribution in [3.05, 3.63) is 243 Å². The van der Waals surface area contributed by atoms with Gasteiger partial charge in [0.2, 0.25) is 0 Å². The fourth-order valence-electron chi connectivity index (χ4n) is 15.0. The Morgan fingerprint density at radius 2 is 0.537 bits per heavy atom. The maximum absolute atomic E-state index is 7.89. The first-order valence-corrected chi connectivity index (χ1v) is 33.2. The lowest BCUT2D eigenvalue weighted by atomic mass is 9.97. The summed E-state index contributed by atoms with van der Waals surface area (Å²) in [5.74, 6) is 3.23. The summed E-state index contributed by atoms with van der Waals surface area (Å²) < 4.78 is 14.0. The Hall–Kier alpha value is -9.40. The zero-order valence-electron chi connectivity index (χ0n) is 43.3. The fourth-order valence-corrected chi connectivity index (χ4v) is 25.6. The van der Waals surface area contributed by atoms with Crippen LogP contribution in [-0.2, 0) is 23.6 Å². The Kier molecular flexibility index (Phi) is 8.29. The van der Waals surface area contributed by atoms with Gasteiger partial charge in [0.15, 0.2) is 23.0 Å². The molecule has 384 valence electrons. The van der Waals surface area contributed by atoms with Crippen molar-refractivity contribution in [3.63, 3.8) is 0 Å². The minimum Gasteiger partial charge on any atom is -0.453 e. The Labute approximate surface area is 482 Å². The molecule has 8 nitrogen and oxygen atoms in total. The molecule has 12 aromatic rings. The van der Waals surface area contributed by atoms with E-state index in [4.69, 9.17) is 33.1 Å². The summed E-state index contributed by atoms with van der Waals surface area (Å²) >= 11 is 15.8. The summed E-state index contributed by atoms with van der Waals surface area (Å²) in [6, 6.07) is 81.9. The van der Waals surface area contributed by atoms with E-state index in [1.54, 1.807) is 0 Å². The molecule has 82 heavy (non-hydrogen) atoms. The van der Waals surface area contributed by atoms with Gasteiger partial charge >= 0.3 is 0 Å². The van der Waals surface area contributed by atoms with Crippen LogP contribution in [0.4, 0.5) is 102 Å². The third kappa shape index (κ3) is 5.11. The number of rotatable bonds is 4. The Morgan fingerprint density at radius 1 is 0.232 bits per heavy atom. The highest BCUT2D eigenvalue weighted by Crippen LogP contribution is 2.74. The van der Waals surface area contributed by atoms with E-state index in [0.29, 0.717) is 0 Å². The Balaban J connectivity index is 1.01. The minimum absolute atomic E-state index is 0.802. The molecule has 20 rings (SSSR count). The molecule has 0 bridgehead atoms. The van der Waals surface area contributed by atoms with Crippen LogP contribution in [0.5, 0.6) is 23.0 Å². The zero-order valence-corrected chi connectivity index (χ0v) is 46.7. The van der Waals surface area contributed by atoms with Crippen LogP contribution >= 0.6 is 12.1 Å². The smallest absolute Gasteiger partial charge is 0.152 e. The molecule has 0 amide bonds. The number of hydrogen-bond acceptors (Lipinski definition) is 10. The van der Waals surface area contributed by atoms with Crippen molar-refractivity contribution >= 4 is 181 Å². The topological polar surface area (TPSA) is 37.9 Å². The number of nitrogens with zero attached hydrogens (tertiary/aromatic N) is 6. The Morgan fingerprint density at radius 3 is 0.927 bits per heavy atom. The molecular weight excluding hydrogens is 1080 g/mol. The van der Waals surface area contributed by atoms with Crippen molar-refractivity contribution in [2.24, 2.45) is 0 Å². The van der Waals surface area contributed by atoms with Crippen molar-refractivity contribution < 1.29 is 9.47 Å². The fraction of sp³-hybridized carbons (Fsp3) is 0. The molecule has 12 aromatic carbocycles. The van der Waals surface area contributed by atoms with Gasteiger partial charge in [0.05, 0.1) is 80.3 Å². The third-order valence-corrected chi connectivity index (χ3v) is 27.6. The molecule has 2 unspecified atom stereocenters. The van der Waals surface area contributed by atoms with E-state index >= 15 is 0 Å². The number of hydrogen-bond donors (Lipinski definition) is 0. The molecule has 0 aliphatic carbocycles. The maximum atomic E-state index is 7.89. The van der Waals surface area contributed by atoms with Crippen LogP contribution in [-0.4, -0.2) is 0 Å². The molecular formula is C70H40N6O2P2S2. The van der Waals surface area contributed by atoms with Crippen LogP contribution in [0.15, 0.2) is 243 Å². The highest BCUT2D eigenvalue weighted by molar-refractivity contribution is 8.27. The lowest BCUT2D eigenvalue weighted by Crippen LogP contribution is -2.49. The van der Waals surface area contributed by atoms with Crippen LogP contribution in [0.25, 0.3) is 10.8 Å². The summed E-state index contributed by atoms with van der Waals surface area (Å²) in [5, 5.41) is 9.12. The molecule has 0 fully saturated rings. The quantitative estimate of drug-likeness (QED) is 0.159. The second-order valence-corrected chi connectivity index (χ2v) is 30.3. The molecule has 0 N–H and O–H groups in total. The van der Waals surface area contributed by atoms with Gasteiger partial charge in [-0.3, -0.25) is 0 Å². The molecule has 8 aliphatic heterocycles. The van der Waals surface area contributed by atoms with Crippen LogP contribution < -0.4 is 70.7 Å². The maximum Gasteiger partial charge on any atom is 0.152 e. The summed E-state index contributed by atoms with van der Waals surface area (Å²) in [6.45, 7) is 0. The first-order valence-electron chi connectivity index (χ1n) is 27.6. The van der Waals surface area contributed by atoms with Crippen LogP contribution in [0.2, 0.25) is 0 Å². The van der Waals surface area contributed by atoms with E-state index < -0.39 is 12.1 Å². The molecule has 2 atom stereocenters. The molecule has 0 saturated heterocycles. The van der Waals surface area contributed by atoms with E-state index in [-0.39, 0.29) is 0 Å². The summed E-state index contributed by atoms with van der Waals surface area (Å²) in [4.78, 5) is 15.0. The van der Waals surface area contributed by atoms with E-state index in [1.807, 2.05) is 0 Å². The second kappa shape index (κ2) is 15.3. The Bertz CT molecular complexity index is 4750. The molecule has 0 radical (unpaired) electrons. The van der Waals surface area contributed by atoms with Crippen LogP contribution in [0.1, 0.15) is 0 Å². The van der Waals surface area contributed by atoms with Crippen molar-refractivity contribution in [2.75, 3.05) is 29.4 Å². The van der Waals surface area contributed by atoms with Gasteiger partial charge in [-0.25, -0.2) is 0 Å². The van der Waals surface area contributed by atoms with Gasteiger partial charge < -0.3 is 38.9 Å². The molecule has 0 spiro atoms. The lowest BCUT2D eigenvalue weighted by Gasteiger charge is -2.54. The van der Waals surface area contributed by atoms with Crippen LogP contribution in [0, 0.1) is 0 Å². The van der Waals surface area contributed by atoms with Gasteiger partial charge in [-0.05, 0) is 133 Å². The van der Waals surface area contributed by atoms with Crippen LogP contribution in [0.3, 0.4) is 0 Å². The number of benzene rings is 12. The highest BCUT2D eigenvalue weighted by atomic mass is 32.4. The number of ether oxygens (including phenoxy) is 2. The third-order valence-electron chi connectivity index (χ3n) is 17.9. The predicted molar refractivity (Wildman–Crippen MR) is 346 cm³/mol. The monoisotopic (exact) mass is 1120 g/mol. The van der Waals surface area contributed by atoms with Gasteiger partial charge in [0, 0.05) is 65.3 Å². The van der Waals surface area contributed by atoms with Gasteiger partial charge in [-0.2, -0.15) is 0 Å². The molecule has 0 saturated carbocycles. The highest BCUT2D eigenvalue weighted by Gasteiger charge is 2.57. The summed E-state index contributed by atoms with van der Waals surface area (Å²) in [6.07, 6.45) is 0. The second-order valence-electron chi connectivity index (χ2n) is 21.8. The number of para-hydroxylation sites is 8. The van der Waals surface area contributed by atoms with Gasteiger partial charge in [0.1, 0.15) is 11.4 Å².